The molecule has 1 saturated heterocycles. The van der Waals surface area contributed by atoms with Crippen LogP contribution in [0.5, 0.6) is 0 Å². The molecule has 0 saturated carbocycles. The van der Waals surface area contributed by atoms with Gasteiger partial charge in [0, 0.05) is 6.54 Å². The van der Waals surface area contributed by atoms with Gasteiger partial charge in [0.1, 0.15) is 4.21 Å². The van der Waals surface area contributed by atoms with Gasteiger partial charge in [-0.2, -0.15) is 0 Å². The van der Waals surface area contributed by atoms with Crippen molar-refractivity contribution in [2.75, 3.05) is 26.2 Å². The van der Waals surface area contributed by atoms with Crippen LogP contribution in [-0.4, -0.2) is 40.5 Å². The second-order valence-electron chi connectivity index (χ2n) is 5.23. The van der Waals surface area contributed by atoms with Gasteiger partial charge in [-0.05, 0) is 50.4 Å². The van der Waals surface area contributed by atoms with E-state index in [0.717, 1.165) is 30.8 Å². The highest BCUT2D eigenvalue weighted by atomic mass is 35.5. The number of thiophene rings is 1. The molecule has 3 N–H and O–H groups in total. The molecule has 0 spiro atoms. The summed E-state index contributed by atoms with van der Waals surface area (Å²) in [5.74, 6) is 0.258. The molecular weight excluding hydrogens is 381 g/mol. The summed E-state index contributed by atoms with van der Waals surface area (Å²) >= 11 is 6.67. The van der Waals surface area contributed by atoms with Crippen LogP contribution in [0.15, 0.2) is 16.3 Å². The van der Waals surface area contributed by atoms with Crippen LogP contribution in [0.4, 0.5) is 0 Å². The molecule has 0 aliphatic carbocycles. The maximum atomic E-state index is 11.9. The van der Waals surface area contributed by atoms with Crippen LogP contribution in [0.1, 0.15) is 19.3 Å². The van der Waals surface area contributed by atoms with Crippen molar-refractivity contribution in [3.05, 3.63) is 16.5 Å². The zero-order chi connectivity index (χ0) is 16.0. The van der Waals surface area contributed by atoms with E-state index < -0.39 is 10.0 Å². The molecule has 1 fully saturated rings. The van der Waals surface area contributed by atoms with Gasteiger partial charge in [0.2, 0.25) is 5.91 Å². The molecular formula is C13H21Cl2N3O3S2. The molecule has 2 heterocycles. The third-order valence-electron chi connectivity index (χ3n) is 3.51. The van der Waals surface area contributed by atoms with Crippen LogP contribution in [-0.2, 0) is 14.8 Å². The van der Waals surface area contributed by atoms with Crippen molar-refractivity contribution in [3.8, 4) is 0 Å². The number of hydrogen-bond donors (Lipinski definition) is 3. The fourth-order valence-corrected chi connectivity index (χ4v) is 4.83. The third-order valence-corrected chi connectivity index (χ3v) is 6.63. The summed E-state index contributed by atoms with van der Waals surface area (Å²) in [5, 5.41) is 6.07. The van der Waals surface area contributed by atoms with Gasteiger partial charge < -0.3 is 10.6 Å². The Labute approximate surface area is 151 Å². The van der Waals surface area contributed by atoms with E-state index >= 15 is 0 Å². The molecule has 1 unspecified atom stereocenters. The topological polar surface area (TPSA) is 87.3 Å². The maximum Gasteiger partial charge on any atom is 0.250 e. The minimum absolute atomic E-state index is 0. The smallest absolute Gasteiger partial charge is 0.250 e. The lowest BCUT2D eigenvalue weighted by molar-refractivity contribution is -0.120. The Kier molecular flexibility index (Phi) is 8.81. The molecule has 1 aromatic heterocycles. The predicted molar refractivity (Wildman–Crippen MR) is 95.0 cm³/mol. The van der Waals surface area contributed by atoms with Gasteiger partial charge in [-0.1, -0.05) is 11.6 Å². The first-order chi connectivity index (χ1) is 10.5. The summed E-state index contributed by atoms with van der Waals surface area (Å²) in [6, 6.07) is 2.93. The Morgan fingerprint density at radius 1 is 1.43 bits per heavy atom. The number of carbonyl (C=O) groups excluding carboxylic acids is 1. The summed E-state index contributed by atoms with van der Waals surface area (Å²) in [5.41, 5.74) is 0. The Morgan fingerprint density at radius 2 is 2.22 bits per heavy atom. The number of nitrogens with one attached hydrogen (secondary N) is 3. The molecule has 1 atom stereocenters. The standard InChI is InChI=1S/C13H20ClN3O3S2.ClH/c14-11-3-4-13(21-11)22(19,20)17-9-12(18)16-7-5-10-2-1-6-15-8-10;/h3-4,10,15,17H,1-2,5-9H2,(H,16,18);1H. The highest BCUT2D eigenvalue weighted by Gasteiger charge is 2.18. The van der Waals surface area contributed by atoms with Gasteiger partial charge in [0.05, 0.1) is 10.9 Å². The summed E-state index contributed by atoms with van der Waals surface area (Å²) in [7, 11) is -3.67. The van der Waals surface area contributed by atoms with Gasteiger partial charge >= 0.3 is 0 Å². The Morgan fingerprint density at radius 3 is 2.83 bits per heavy atom. The van der Waals surface area contributed by atoms with Crippen molar-refractivity contribution in [3.63, 3.8) is 0 Å². The van der Waals surface area contributed by atoms with E-state index in [1.54, 1.807) is 0 Å². The average Bonchev–Trinajstić information content (AvgIpc) is 2.94. The Bertz CT molecular complexity index is 601. The Balaban J connectivity index is 0.00000264. The second-order valence-corrected chi connectivity index (χ2v) is 8.94. The number of hydrogen-bond acceptors (Lipinski definition) is 5. The normalized spacial score (nSPS) is 18.2. The summed E-state index contributed by atoms with van der Waals surface area (Å²) in [6.07, 6.45) is 3.25. The van der Waals surface area contributed by atoms with Crippen molar-refractivity contribution >= 4 is 51.3 Å². The van der Waals surface area contributed by atoms with Crippen LogP contribution in [0.25, 0.3) is 0 Å². The van der Waals surface area contributed by atoms with E-state index in [9.17, 15) is 13.2 Å². The zero-order valence-corrected chi connectivity index (χ0v) is 15.7. The quantitative estimate of drug-likeness (QED) is 0.647. The first kappa shape index (κ1) is 20.7. The number of sulfonamides is 1. The van der Waals surface area contributed by atoms with Crippen molar-refractivity contribution in [1.82, 2.24) is 15.4 Å². The highest BCUT2D eigenvalue weighted by Crippen LogP contribution is 2.25. The largest absolute Gasteiger partial charge is 0.355 e. The van der Waals surface area contributed by atoms with E-state index in [0.29, 0.717) is 16.8 Å². The third kappa shape index (κ3) is 6.94. The maximum absolute atomic E-state index is 11.9. The first-order valence-corrected chi connectivity index (χ1v) is 9.87. The molecule has 23 heavy (non-hydrogen) atoms. The number of carbonyl (C=O) groups is 1. The Hall–Kier alpha value is -0.380. The zero-order valence-electron chi connectivity index (χ0n) is 12.5. The lowest BCUT2D eigenvalue weighted by atomic mass is 9.96. The predicted octanol–water partition coefficient (Wildman–Crippen LogP) is 1.61. The lowest BCUT2D eigenvalue weighted by Crippen LogP contribution is -2.38. The number of piperidine rings is 1. The molecule has 1 aromatic rings. The molecule has 0 radical (unpaired) electrons. The molecule has 0 bridgehead atoms. The van der Waals surface area contributed by atoms with Crippen LogP contribution in [0.3, 0.4) is 0 Å². The van der Waals surface area contributed by atoms with Crippen LogP contribution in [0.2, 0.25) is 4.34 Å². The highest BCUT2D eigenvalue weighted by molar-refractivity contribution is 7.91. The van der Waals surface area contributed by atoms with Crippen LogP contribution < -0.4 is 15.4 Å². The second kappa shape index (κ2) is 9.80. The average molecular weight is 402 g/mol. The fourth-order valence-electron chi connectivity index (χ4n) is 2.32. The van der Waals surface area contributed by atoms with E-state index in [4.69, 9.17) is 11.6 Å². The summed E-state index contributed by atoms with van der Waals surface area (Å²) < 4.78 is 26.6. The molecule has 2 rings (SSSR count). The van der Waals surface area contributed by atoms with Gasteiger partial charge in [0.15, 0.2) is 0 Å². The summed E-state index contributed by atoms with van der Waals surface area (Å²) in [4.78, 5) is 11.7. The van der Waals surface area contributed by atoms with Gasteiger partial charge in [-0.15, -0.1) is 23.7 Å². The monoisotopic (exact) mass is 401 g/mol. The van der Waals surface area contributed by atoms with Crippen LogP contribution in [0, 0.1) is 5.92 Å². The molecule has 0 aromatic carbocycles. The van der Waals surface area contributed by atoms with E-state index in [1.807, 2.05) is 0 Å². The van der Waals surface area contributed by atoms with Crippen molar-refractivity contribution in [1.29, 1.82) is 0 Å². The minimum Gasteiger partial charge on any atom is -0.355 e. The molecule has 10 heteroatoms. The first-order valence-electron chi connectivity index (χ1n) is 7.20. The SMILES string of the molecule is Cl.O=C(CNS(=O)(=O)c1ccc(Cl)s1)NCCC1CCCNC1. The van der Waals surface area contributed by atoms with E-state index in [2.05, 4.69) is 15.4 Å². The molecule has 1 aliphatic heterocycles. The van der Waals surface area contributed by atoms with Gasteiger partial charge in [-0.3, -0.25) is 4.79 Å². The number of rotatable bonds is 7. The fraction of sp³-hybridized carbons (Fsp3) is 0.615. The van der Waals surface area contributed by atoms with Crippen LogP contribution >= 0.6 is 35.3 Å². The lowest BCUT2D eigenvalue weighted by Gasteiger charge is -2.22. The minimum atomic E-state index is -3.67. The molecule has 6 nitrogen and oxygen atoms in total. The van der Waals surface area contributed by atoms with Crippen molar-refractivity contribution in [2.45, 2.75) is 23.5 Å². The van der Waals surface area contributed by atoms with E-state index in [-0.39, 0.29) is 29.1 Å². The van der Waals surface area contributed by atoms with Gasteiger partial charge in [0.25, 0.3) is 10.0 Å². The molecule has 1 aliphatic rings. The van der Waals surface area contributed by atoms with Gasteiger partial charge in [-0.25, -0.2) is 13.1 Å². The van der Waals surface area contributed by atoms with Crippen molar-refractivity contribution < 1.29 is 13.2 Å². The number of amides is 1. The van der Waals surface area contributed by atoms with Crippen molar-refractivity contribution in [2.24, 2.45) is 5.92 Å². The molecule has 1 amide bonds. The molecule has 132 valence electrons. The summed E-state index contributed by atoms with van der Waals surface area (Å²) in [6.45, 7) is 2.36. The number of halogens is 2. The van der Waals surface area contributed by atoms with E-state index in [1.165, 1.54) is 25.0 Å².